The summed E-state index contributed by atoms with van der Waals surface area (Å²) in [5, 5.41) is 1.38. The van der Waals surface area contributed by atoms with Crippen molar-refractivity contribution in [3.63, 3.8) is 0 Å². The van der Waals surface area contributed by atoms with Gasteiger partial charge in [0, 0.05) is 0 Å². The number of halogens is 2. The fraction of sp³-hybridized carbons (Fsp3) is 0.200. The second kappa shape index (κ2) is 8.36. The average molecular weight is 467 g/mol. The third-order valence-corrected chi connectivity index (χ3v) is 10.6. The van der Waals surface area contributed by atoms with Crippen molar-refractivity contribution in [3.8, 4) is 0 Å². The minimum Gasteiger partial charge on any atom is -1.00 e. The SMILES string of the molecule is CC1=[C]([Zr+2][CH]2C(n3c(C)c(C)c4ccccc43)=Cc3ccccc32)CC=C1.[F-].[F-]. The molecule has 0 spiro atoms. The van der Waals surface area contributed by atoms with Gasteiger partial charge >= 0.3 is 173 Å². The number of rotatable bonds is 3. The van der Waals surface area contributed by atoms with E-state index < -0.39 is 23.2 Å². The maximum atomic E-state index is 2.55. The molecule has 0 saturated carbocycles. The number of fused-ring (bicyclic) bond motifs is 2. The molecule has 4 heteroatoms. The number of aromatic nitrogens is 1. The first-order valence-corrected chi connectivity index (χ1v) is 12.3. The quantitative estimate of drug-likeness (QED) is 0.534. The fourth-order valence-electron chi connectivity index (χ4n) is 4.48. The molecule has 0 bridgehead atoms. The maximum Gasteiger partial charge on any atom is -1.00 e. The Hall–Kier alpha value is -2.06. The van der Waals surface area contributed by atoms with Gasteiger partial charge in [0.05, 0.1) is 0 Å². The van der Waals surface area contributed by atoms with Crippen LogP contribution in [0.3, 0.4) is 0 Å². The number of allylic oxidation sites excluding steroid dienone is 5. The second-order valence-corrected chi connectivity index (χ2v) is 11.2. The van der Waals surface area contributed by atoms with E-state index in [1.807, 2.05) is 0 Å². The van der Waals surface area contributed by atoms with Crippen LogP contribution in [0.2, 0.25) is 0 Å². The van der Waals surface area contributed by atoms with Crippen molar-refractivity contribution in [1.82, 2.24) is 4.57 Å². The van der Waals surface area contributed by atoms with Gasteiger partial charge in [-0.1, -0.05) is 0 Å². The molecule has 0 fully saturated rings. The zero-order valence-electron chi connectivity index (χ0n) is 16.8. The van der Waals surface area contributed by atoms with Crippen LogP contribution in [0.4, 0.5) is 0 Å². The summed E-state index contributed by atoms with van der Waals surface area (Å²) in [6, 6.07) is 17.9. The number of nitrogens with zero attached hydrogens (tertiary/aromatic N) is 1. The fourth-order valence-corrected chi connectivity index (χ4v) is 8.59. The minimum atomic E-state index is -0.771. The molecule has 0 saturated heterocycles. The first-order chi connectivity index (χ1) is 13.1. The predicted octanol–water partition coefficient (Wildman–Crippen LogP) is 0.635. The Morgan fingerprint density at radius 2 is 1.66 bits per heavy atom. The molecule has 0 amide bonds. The minimum absolute atomic E-state index is 0. The van der Waals surface area contributed by atoms with Gasteiger partial charge in [0.1, 0.15) is 0 Å². The van der Waals surface area contributed by atoms with Crippen molar-refractivity contribution >= 4 is 22.7 Å². The largest absolute Gasteiger partial charge is 1.00 e. The Morgan fingerprint density at radius 1 is 0.931 bits per heavy atom. The van der Waals surface area contributed by atoms with Crippen molar-refractivity contribution in [2.45, 2.75) is 30.8 Å². The van der Waals surface area contributed by atoms with E-state index in [1.54, 1.807) is 8.84 Å². The van der Waals surface area contributed by atoms with Gasteiger partial charge in [-0.2, -0.15) is 0 Å². The van der Waals surface area contributed by atoms with Crippen molar-refractivity contribution in [2.24, 2.45) is 0 Å². The summed E-state index contributed by atoms with van der Waals surface area (Å²) in [6.45, 7) is 6.84. The van der Waals surface area contributed by atoms with Crippen molar-refractivity contribution in [2.75, 3.05) is 0 Å². The first kappa shape index (κ1) is 21.6. The monoisotopic (exact) mass is 465 g/mol. The first-order valence-electron chi connectivity index (χ1n) is 9.65. The summed E-state index contributed by atoms with van der Waals surface area (Å²) < 4.78 is 4.88. The predicted molar refractivity (Wildman–Crippen MR) is 111 cm³/mol. The number of hydrogen-bond acceptors (Lipinski definition) is 0. The van der Waals surface area contributed by atoms with E-state index in [2.05, 4.69) is 92.1 Å². The Balaban J connectivity index is 0.00000120. The van der Waals surface area contributed by atoms with Crippen LogP contribution in [-0.4, -0.2) is 4.57 Å². The van der Waals surface area contributed by atoms with E-state index >= 15 is 0 Å². The molecule has 2 aromatic carbocycles. The molecule has 146 valence electrons. The summed E-state index contributed by atoms with van der Waals surface area (Å²) in [4.78, 5) is 0. The number of aryl methyl sites for hydroxylation is 1. The van der Waals surface area contributed by atoms with E-state index in [4.69, 9.17) is 0 Å². The van der Waals surface area contributed by atoms with Gasteiger partial charge in [-0.25, -0.2) is 0 Å². The molecule has 1 atom stereocenters. The molecule has 1 nitrogen and oxygen atoms in total. The van der Waals surface area contributed by atoms with Gasteiger partial charge in [0.2, 0.25) is 0 Å². The van der Waals surface area contributed by atoms with Crippen LogP contribution < -0.4 is 9.41 Å². The van der Waals surface area contributed by atoms with Crippen molar-refractivity contribution < 1.29 is 32.6 Å². The van der Waals surface area contributed by atoms with Gasteiger partial charge in [-0.05, 0) is 0 Å². The average Bonchev–Trinajstić information content (AvgIpc) is 3.32. The number of benzene rings is 2. The van der Waals surface area contributed by atoms with Crippen LogP contribution in [0.1, 0.15) is 39.4 Å². The summed E-state index contributed by atoms with van der Waals surface area (Å²) in [7, 11) is 0. The van der Waals surface area contributed by atoms with Crippen LogP contribution >= 0.6 is 0 Å². The maximum absolute atomic E-state index is 2.55. The molecule has 2 aliphatic rings. The van der Waals surface area contributed by atoms with E-state index in [1.165, 1.54) is 45.4 Å². The van der Waals surface area contributed by atoms with Gasteiger partial charge in [-0.3, -0.25) is 0 Å². The van der Waals surface area contributed by atoms with Crippen LogP contribution in [0.15, 0.2) is 69.5 Å². The number of para-hydroxylation sites is 1. The molecule has 1 unspecified atom stereocenters. The van der Waals surface area contributed by atoms with Gasteiger partial charge in [-0.15, -0.1) is 0 Å². The Kier molecular flexibility index (Phi) is 6.24. The van der Waals surface area contributed by atoms with Crippen LogP contribution in [0, 0.1) is 13.8 Å². The molecule has 0 radical (unpaired) electrons. The van der Waals surface area contributed by atoms with Crippen molar-refractivity contribution in [1.29, 1.82) is 0 Å². The molecule has 3 aromatic rings. The molecule has 2 aliphatic carbocycles. The molecule has 29 heavy (non-hydrogen) atoms. The second-order valence-electron chi connectivity index (χ2n) is 7.61. The Labute approximate surface area is 182 Å². The molecule has 0 aliphatic heterocycles. The van der Waals surface area contributed by atoms with E-state index in [0.29, 0.717) is 3.63 Å². The number of hydrogen-bond donors (Lipinski definition) is 0. The van der Waals surface area contributed by atoms with Crippen LogP contribution in [-0.2, 0) is 23.2 Å². The zero-order valence-corrected chi connectivity index (χ0v) is 19.3. The molecular weight excluding hydrogens is 444 g/mol. The molecular formula is C25H23F2NZr. The summed E-state index contributed by atoms with van der Waals surface area (Å²) in [6.07, 6.45) is 8.30. The van der Waals surface area contributed by atoms with E-state index in [-0.39, 0.29) is 9.41 Å². The molecule has 0 N–H and O–H groups in total. The van der Waals surface area contributed by atoms with E-state index in [0.717, 1.165) is 0 Å². The third-order valence-electron chi connectivity index (χ3n) is 6.08. The topological polar surface area (TPSA) is 4.93 Å². The van der Waals surface area contributed by atoms with Crippen LogP contribution in [0.25, 0.3) is 22.7 Å². The smallest absolute Gasteiger partial charge is 1.00 e. The normalized spacial score (nSPS) is 16.9. The van der Waals surface area contributed by atoms with Gasteiger partial charge in [0.15, 0.2) is 0 Å². The van der Waals surface area contributed by atoms with E-state index in [9.17, 15) is 0 Å². The third kappa shape index (κ3) is 3.42. The summed E-state index contributed by atoms with van der Waals surface area (Å²) >= 11 is -0.771. The van der Waals surface area contributed by atoms with Crippen LogP contribution in [0.5, 0.6) is 0 Å². The Bertz CT molecular complexity index is 1170. The molecule has 1 aromatic heterocycles. The van der Waals surface area contributed by atoms with Crippen molar-refractivity contribution in [3.05, 3.63) is 91.9 Å². The molecule has 1 heterocycles. The van der Waals surface area contributed by atoms with Gasteiger partial charge in [0.25, 0.3) is 0 Å². The standard InChI is InChI=1S/C19H16N.C6H7.2FH.Zr/c1-13-14(2)20(19-10-6-5-9-18(13)19)17-11-15-7-3-4-8-16(15)12-17;1-6-4-2-3-5-6;;;/h3-12H,1-2H3;2,4H,3H2,1H3;2*1H;/q;;;;+2/p-2. The molecule has 5 rings (SSSR count). The zero-order chi connectivity index (χ0) is 18.5. The van der Waals surface area contributed by atoms with Gasteiger partial charge < -0.3 is 9.41 Å². The Morgan fingerprint density at radius 3 is 2.41 bits per heavy atom. The summed E-state index contributed by atoms with van der Waals surface area (Å²) in [5.74, 6) is 0. The summed E-state index contributed by atoms with van der Waals surface area (Å²) in [5.41, 5.74) is 10.1.